The van der Waals surface area contributed by atoms with Crippen LogP contribution in [0.1, 0.15) is 17.2 Å². The molecule has 1 amide bonds. The van der Waals surface area contributed by atoms with Gasteiger partial charge in [-0.3, -0.25) is 9.69 Å². The molecule has 188 valence electrons. The van der Waals surface area contributed by atoms with Crippen molar-refractivity contribution in [3.8, 4) is 0 Å². The number of para-hydroxylation sites is 2. The summed E-state index contributed by atoms with van der Waals surface area (Å²) in [6.45, 7) is 3.07. The lowest BCUT2D eigenvalue weighted by molar-refractivity contribution is -0.131. The van der Waals surface area contributed by atoms with Crippen LogP contribution in [0.25, 0.3) is 0 Å². The highest BCUT2D eigenvalue weighted by Crippen LogP contribution is 2.37. The number of halogens is 2. The van der Waals surface area contributed by atoms with E-state index in [2.05, 4.69) is 21.9 Å². The molecular weight excluding hydrogens is 501 g/mol. The number of anilines is 2. The first-order chi connectivity index (χ1) is 18.1. The first-order valence-electron chi connectivity index (χ1n) is 12.5. The average molecular weight is 530 g/mol. The molecule has 0 aromatic heterocycles. The fourth-order valence-corrected chi connectivity index (χ4v) is 5.38. The van der Waals surface area contributed by atoms with Crippen LogP contribution in [0.5, 0.6) is 0 Å². The Balaban J connectivity index is 1.33. The molecule has 1 aliphatic heterocycles. The smallest absolute Gasteiger partial charge is 0.242 e. The Hall–Kier alpha value is -3.31. The van der Waals surface area contributed by atoms with Crippen molar-refractivity contribution < 1.29 is 4.79 Å². The van der Waals surface area contributed by atoms with Gasteiger partial charge in [-0.15, -0.1) is 0 Å². The van der Waals surface area contributed by atoms with E-state index in [0.717, 1.165) is 35.6 Å². The number of carbonyl (C=O) groups is 1. The fourth-order valence-electron chi connectivity index (χ4n) is 4.97. The summed E-state index contributed by atoms with van der Waals surface area (Å²) in [5, 5.41) is 1.13. The zero-order chi connectivity index (χ0) is 25.6. The highest BCUT2D eigenvalue weighted by molar-refractivity contribution is 6.42. The number of hydrogen-bond acceptors (Lipinski definition) is 3. The lowest BCUT2D eigenvalue weighted by Crippen LogP contribution is -2.51. The van der Waals surface area contributed by atoms with E-state index in [9.17, 15) is 4.79 Å². The predicted molar refractivity (Wildman–Crippen MR) is 153 cm³/mol. The molecule has 5 rings (SSSR count). The number of nitrogens with zero attached hydrogens (tertiary/aromatic N) is 3. The lowest BCUT2D eigenvalue weighted by atomic mass is 9.96. The Morgan fingerprint density at radius 3 is 1.81 bits per heavy atom. The van der Waals surface area contributed by atoms with Crippen molar-refractivity contribution in [2.75, 3.05) is 37.6 Å². The molecule has 0 saturated carbocycles. The normalized spacial score (nSPS) is 14.8. The van der Waals surface area contributed by atoms with Crippen molar-refractivity contribution in [3.05, 3.63) is 130 Å². The van der Waals surface area contributed by atoms with E-state index in [1.54, 1.807) is 0 Å². The van der Waals surface area contributed by atoms with Crippen LogP contribution in [0.3, 0.4) is 0 Å². The summed E-state index contributed by atoms with van der Waals surface area (Å²) in [7, 11) is 0. The van der Waals surface area contributed by atoms with E-state index in [4.69, 9.17) is 23.2 Å². The van der Waals surface area contributed by atoms with Gasteiger partial charge in [-0.1, -0.05) is 102 Å². The number of carbonyl (C=O) groups excluding carboxylic acids is 1. The molecule has 1 heterocycles. The van der Waals surface area contributed by atoms with Crippen LogP contribution in [0, 0.1) is 0 Å². The first kappa shape index (κ1) is 25.3. The van der Waals surface area contributed by atoms with E-state index >= 15 is 0 Å². The molecule has 1 atom stereocenters. The molecule has 1 saturated heterocycles. The number of piperazine rings is 1. The van der Waals surface area contributed by atoms with Crippen molar-refractivity contribution in [3.63, 3.8) is 0 Å². The Morgan fingerprint density at radius 1 is 0.703 bits per heavy atom. The molecule has 0 aliphatic carbocycles. The Bertz CT molecular complexity index is 1270. The van der Waals surface area contributed by atoms with Crippen LogP contribution < -0.4 is 4.90 Å². The Kier molecular flexibility index (Phi) is 8.10. The molecule has 37 heavy (non-hydrogen) atoms. The van der Waals surface area contributed by atoms with Crippen LogP contribution in [0.4, 0.5) is 11.4 Å². The quantitative estimate of drug-likeness (QED) is 0.256. The van der Waals surface area contributed by atoms with Gasteiger partial charge >= 0.3 is 0 Å². The standard InChI is InChI=1S/C31H29Cl2N3O/c32-28-18-10-17-27(30(28)33)31(24-11-4-1-5-12-24)35-21-19-34(20-22-35)29(37)23-36(25-13-6-2-7-14-25)26-15-8-3-9-16-26/h1-18,31H,19-23H2. The number of benzene rings is 4. The molecule has 1 unspecified atom stereocenters. The van der Waals surface area contributed by atoms with Gasteiger partial charge in [0.15, 0.2) is 0 Å². The van der Waals surface area contributed by atoms with Gasteiger partial charge in [-0.2, -0.15) is 0 Å². The van der Waals surface area contributed by atoms with Gasteiger partial charge in [0, 0.05) is 37.6 Å². The Morgan fingerprint density at radius 2 is 1.24 bits per heavy atom. The van der Waals surface area contributed by atoms with E-state index in [1.165, 1.54) is 0 Å². The van der Waals surface area contributed by atoms with Crippen molar-refractivity contribution in [2.24, 2.45) is 0 Å². The molecule has 4 nitrogen and oxygen atoms in total. The highest BCUT2D eigenvalue weighted by atomic mass is 35.5. The van der Waals surface area contributed by atoms with Crippen LogP contribution in [0.2, 0.25) is 10.0 Å². The summed E-state index contributed by atoms with van der Waals surface area (Å²) in [6.07, 6.45) is 0. The predicted octanol–water partition coefficient (Wildman–Crippen LogP) is 7.07. The van der Waals surface area contributed by atoms with Gasteiger partial charge in [0.2, 0.25) is 5.91 Å². The number of rotatable bonds is 7. The van der Waals surface area contributed by atoms with Crippen LogP contribution >= 0.6 is 23.2 Å². The minimum atomic E-state index is -0.0326. The molecule has 4 aromatic carbocycles. The van der Waals surface area contributed by atoms with Gasteiger partial charge in [0.1, 0.15) is 6.54 Å². The van der Waals surface area contributed by atoms with Gasteiger partial charge in [-0.05, 0) is 41.5 Å². The molecule has 1 fully saturated rings. The SMILES string of the molecule is O=C(CN(c1ccccc1)c1ccccc1)N1CCN(C(c2ccccc2)c2cccc(Cl)c2Cl)CC1. The van der Waals surface area contributed by atoms with Crippen LogP contribution in [0.15, 0.2) is 109 Å². The third-order valence-corrected chi connectivity index (χ3v) is 7.69. The van der Waals surface area contributed by atoms with Gasteiger partial charge in [-0.25, -0.2) is 0 Å². The second kappa shape index (κ2) is 11.8. The zero-order valence-electron chi connectivity index (χ0n) is 20.5. The van der Waals surface area contributed by atoms with Gasteiger partial charge in [0.05, 0.1) is 16.1 Å². The minimum absolute atomic E-state index is 0.0326. The molecule has 4 aromatic rings. The monoisotopic (exact) mass is 529 g/mol. The molecule has 0 spiro atoms. The number of hydrogen-bond donors (Lipinski definition) is 0. The summed E-state index contributed by atoms with van der Waals surface area (Å²) in [6, 6.07) is 36.3. The maximum absolute atomic E-state index is 13.5. The van der Waals surface area contributed by atoms with Gasteiger partial charge in [0.25, 0.3) is 0 Å². The maximum atomic E-state index is 13.5. The highest BCUT2D eigenvalue weighted by Gasteiger charge is 2.30. The van der Waals surface area contributed by atoms with Gasteiger partial charge < -0.3 is 9.80 Å². The summed E-state index contributed by atoms with van der Waals surface area (Å²) >= 11 is 13.1. The summed E-state index contributed by atoms with van der Waals surface area (Å²) in [4.78, 5) is 19.9. The van der Waals surface area contributed by atoms with Crippen molar-refractivity contribution in [1.82, 2.24) is 9.80 Å². The maximum Gasteiger partial charge on any atom is 0.242 e. The third kappa shape index (κ3) is 5.83. The topological polar surface area (TPSA) is 26.8 Å². The molecule has 0 radical (unpaired) electrons. The van der Waals surface area contributed by atoms with E-state index < -0.39 is 0 Å². The second-order valence-electron chi connectivity index (χ2n) is 9.13. The van der Waals surface area contributed by atoms with Crippen molar-refractivity contribution >= 4 is 40.5 Å². The average Bonchev–Trinajstić information content (AvgIpc) is 2.96. The molecular formula is C31H29Cl2N3O. The first-order valence-corrected chi connectivity index (χ1v) is 13.3. The van der Waals surface area contributed by atoms with Crippen LogP contribution in [-0.4, -0.2) is 48.4 Å². The van der Waals surface area contributed by atoms with E-state index in [0.29, 0.717) is 23.1 Å². The molecule has 6 heteroatoms. The van der Waals surface area contributed by atoms with E-state index in [1.807, 2.05) is 102 Å². The zero-order valence-corrected chi connectivity index (χ0v) is 22.0. The van der Waals surface area contributed by atoms with Crippen molar-refractivity contribution in [1.29, 1.82) is 0 Å². The minimum Gasteiger partial charge on any atom is -0.339 e. The summed E-state index contributed by atoms with van der Waals surface area (Å²) < 4.78 is 0. The summed E-state index contributed by atoms with van der Waals surface area (Å²) in [5.74, 6) is 0.115. The fraction of sp³-hybridized carbons (Fsp3) is 0.194. The number of amides is 1. The van der Waals surface area contributed by atoms with Crippen LogP contribution in [-0.2, 0) is 4.79 Å². The lowest BCUT2D eigenvalue weighted by Gasteiger charge is -2.40. The van der Waals surface area contributed by atoms with Crippen molar-refractivity contribution in [2.45, 2.75) is 6.04 Å². The molecule has 0 N–H and O–H groups in total. The largest absolute Gasteiger partial charge is 0.339 e. The molecule has 0 bridgehead atoms. The summed E-state index contributed by atoms with van der Waals surface area (Å²) in [5.41, 5.74) is 4.14. The van der Waals surface area contributed by atoms with E-state index in [-0.39, 0.29) is 18.5 Å². The second-order valence-corrected chi connectivity index (χ2v) is 9.92. The third-order valence-electron chi connectivity index (χ3n) is 6.85. The Labute approximate surface area is 228 Å². The molecule has 1 aliphatic rings.